The molecule has 0 heterocycles. The molecule has 0 aliphatic heterocycles. The van der Waals surface area contributed by atoms with E-state index in [-0.39, 0.29) is 5.48 Å². The van der Waals surface area contributed by atoms with Crippen molar-refractivity contribution in [3.63, 3.8) is 0 Å². The topological polar surface area (TPSA) is 89.0 Å². The van der Waals surface area contributed by atoms with Crippen LogP contribution in [0.1, 0.15) is 5.56 Å². The van der Waals surface area contributed by atoms with E-state index in [0.717, 1.165) is 5.56 Å². The number of benzene rings is 1. The summed E-state index contributed by atoms with van der Waals surface area (Å²) < 4.78 is 0. The number of hydrogen-bond acceptors (Lipinski definition) is 3. The molecule has 0 aromatic heterocycles. The van der Waals surface area contributed by atoms with Crippen molar-refractivity contribution in [1.82, 2.24) is 0 Å². The molecule has 0 bridgehead atoms. The molecule has 0 amide bonds. The van der Waals surface area contributed by atoms with E-state index in [9.17, 15) is 4.79 Å². The predicted molar refractivity (Wildman–Crippen MR) is 57.2 cm³/mol. The molecule has 82 valence electrons. The molecule has 1 atom stereocenters. The Morgan fingerprint density at radius 1 is 1.33 bits per heavy atom. The van der Waals surface area contributed by atoms with Crippen LogP contribution < -0.4 is 0 Å². The molecule has 1 rings (SSSR count). The second kappa shape index (κ2) is 6.89. The van der Waals surface area contributed by atoms with Gasteiger partial charge in [0.1, 0.15) is 6.10 Å². The van der Waals surface area contributed by atoms with E-state index in [1.165, 1.54) is 6.08 Å². The van der Waals surface area contributed by atoms with Crippen molar-refractivity contribution in [3.8, 4) is 0 Å². The molecule has 0 saturated carbocycles. The van der Waals surface area contributed by atoms with E-state index in [2.05, 4.69) is 0 Å². The highest BCUT2D eigenvalue weighted by Gasteiger charge is 2.08. The van der Waals surface area contributed by atoms with Crippen molar-refractivity contribution in [2.45, 2.75) is 6.10 Å². The van der Waals surface area contributed by atoms with Crippen LogP contribution in [-0.2, 0) is 4.79 Å². The van der Waals surface area contributed by atoms with Crippen molar-refractivity contribution < 1.29 is 20.5 Å². The summed E-state index contributed by atoms with van der Waals surface area (Å²) in [6.07, 6.45) is 1.55. The number of carbonyl (C=O) groups excluding carboxylic acids is 1. The lowest BCUT2D eigenvalue weighted by molar-refractivity contribution is -0.123. The maximum Gasteiger partial charge on any atom is 0.186 e. The summed E-state index contributed by atoms with van der Waals surface area (Å²) >= 11 is 0. The molecule has 4 nitrogen and oxygen atoms in total. The molecule has 0 fully saturated rings. The lowest BCUT2D eigenvalue weighted by atomic mass is 10.1. The Bertz CT molecular complexity index is 319. The van der Waals surface area contributed by atoms with Gasteiger partial charge in [0.15, 0.2) is 5.78 Å². The molecule has 1 unspecified atom stereocenters. The maximum atomic E-state index is 11.1. The van der Waals surface area contributed by atoms with E-state index >= 15 is 0 Å². The van der Waals surface area contributed by atoms with Gasteiger partial charge < -0.3 is 15.7 Å². The Morgan fingerprint density at radius 3 is 2.47 bits per heavy atom. The lowest BCUT2D eigenvalue weighted by Crippen LogP contribution is -2.21. The van der Waals surface area contributed by atoms with Crippen LogP contribution in [-0.4, -0.2) is 34.2 Å². The standard InChI is InChI=1S/C11H12O3.H2O/c12-8-11(14)10(13)7-6-9-4-2-1-3-5-9;/h1-7,11-12,14H,8H2;1H2. The number of rotatable bonds is 4. The molecule has 0 spiro atoms. The third-order valence-corrected chi connectivity index (χ3v) is 1.74. The molecule has 4 heteroatoms. The molecule has 0 aliphatic rings. The minimum absolute atomic E-state index is 0. The fourth-order valence-corrected chi connectivity index (χ4v) is 0.944. The SMILES string of the molecule is O.O=C(C=Cc1ccccc1)C(O)CO. The van der Waals surface area contributed by atoms with Crippen LogP contribution in [0.2, 0.25) is 0 Å². The first-order chi connectivity index (χ1) is 6.74. The van der Waals surface area contributed by atoms with E-state index in [4.69, 9.17) is 10.2 Å². The first-order valence-corrected chi connectivity index (χ1v) is 4.30. The van der Waals surface area contributed by atoms with E-state index in [1.807, 2.05) is 30.3 Å². The van der Waals surface area contributed by atoms with E-state index in [1.54, 1.807) is 6.08 Å². The predicted octanol–water partition coefficient (Wildman–Crippen LogP) is -0.203. The molecule has 0 saturated heterocycles. The molecule has 1 aromatic rings. The summed E-state index contributed by atoms with van der Waals surface area (Å²) in [5.74, 6) is -0.489. The Morgan fingerprint density at radius 2 is 1.93 bits per heavy atom. The number of aliphatic hydroxyl groups excluding tert-OH is 2. The zero-order chi connectivity index (χ0) is 10.4. The highest BCUT2D eigenvalue weighted by molar-refractivity contribution is 5.96. The van der Waals surface area contributed by atoms with Gasteiger partial charge in [0.2, 0.25) is 0 Å². The summed E-state index contributed by atoms with van der Waals surface area (Å²) in [6.45, 7) is -0.544. The number of ketones is 1. The second-order valence-corrected chi connectivity index (χ2v) is 2.84. The quantitative estimate of drug-likeness (QED) is 0.674. The summed E-state index contributed by atoms with van der Waals surface area (Å²) in [4.78, 5) is 11.1. The first kappa shape index (κ1) is 13.5. The number of hydrogen-bond donors (Lipinski definition) is 2. The summed E-state index contributed by atoms with van der Waals surface area (Å²) in [5, 5.41) is 17.5. The Labute approximate surface area is 87.8 Å². The summed E-state index contributed by atoms with van der Waals surface area (Å²) in [5.41, 5.74) is 0.881. The van der Waals surface area contributed by atoms with Crippen LogP contribution in [0.4, 0.5) is 0 Å². The van der Waals surface area contributed by atoms with Gasteiger partial charge >= 0.3 is 0 Å². The van der Waals surface area contributed by atoms with E-state index < -0.39 is 18.5 Å². The van der Waals surface area contributed by atoms with Gasteiger partial charge in [-0.3, -0.25) is 4.79 Å². The Hall–Kier alpha value is -1.49. The average Bonchev–Trinajstić information content (AvgIpc) is 2.26. The molecule has 15 heavy (non-hydrogen) atoms. The van der Waals surface area contributed by atoms with Gasteiger partial charge in [-0.1, -0.05) is 36.4 Å². The highest BCUT2D eigenvalue weighted by atomic mass is 16.3. The van der Waals surface area contributed by atoms with Crippen LogP contribution >= 0.6 is 0 Å². The van der Waals surface area contributed by atoms with Crippen molar-refractivity contribution in [1.29, 1.82) is 0 Å². The van der Waals surface area contributed by atoms with Crippen molar-refractivity contribution in [2.24, 2.45) is 0 Å². The minimum Gasteiger partial charge on any atom is -0.412 e. The highest BCUT2D eigenvalue weighted by Crippen LogP contribution is 2.01. The zero-order valence-corrected chi connectivity index (χ0v) is 8.13. The van der Waals surface area contributed by atoms with Gasteiger partial charge in [-0.05, 0) is 11.6 Å². The third-order valence-electron chi connectivity index (χ3n) is 1.74. The van der Waals surface area contributed by atoms with Gasteiger partial charge in [-0.25, -0.2) is 0 Å². The second-order valence-electron chi connectivity index (χ2n) is 2.84. The summed E-state index contributed by atoms with van der Waals surface area (Å²) in [6, 6.07) is 9.27. The largest absolute Gasteiger partial charge is 0.412 e. The molecular formula is C11H14O4. The van der Waals surface area contributed by atoms with Crippen molar-refractivity contribution >= 4 is 11.9 Å². The van der Waals surface area contributed by atoms with Crippen LogP contribution in [0.5, 0.6) is 0 Å². The molecule has 0 aliphatic carbocycles. The van der Waals surface area contributed by atoms with Crippen LogP contribution in [0.15, 0.2) is 36.4 Å². The molecular weight excluding hydrogens is 196 g/mol. The third kappa shape index (κ3) is 4.51. The van der Waals surface area contributed by atoms with Gasteiger partial charge in [-0.15, -0.1) is 0 Å². The first-order valence-electron chi connectivity index (χ1n) is 4.30. The van der Waals surface area contributed by atoms with Gasteiger partial charge in [0, 0.05) is 0 Å². The van der Waals surface area contributed by atoms with E-state index in [0.29, 0.717) is 0 Å². The van der Waals surface area contributed by atoms with Crippen LogP contribution in [0.25, 0.3) is 6.08 Å². The number of carbonyl (C=O) groups is 1. The van der Waals surface area contributed by atoms with Gasteiger partial charge in [0.25, 0.3) is 0 Å². The normalized spacial score (nSPS) is 12.1. The van der Waals surface area contributed by atoms with Crippen molar-refractivity contribution in [2.75, 3.05) is 6.61 Å². The fourth-order valence-electron chi connectivity index (χ4n) is 0.944. The Kier molecular flexibility index (Phi) is 6.21. The zero-order valence-electron chi connectivity index (χ0n) is 8.13. The lowest BCUT2D eigenvalue weighted by Gasteiger charge is -2.00. The monoisotopic (exact) mass is 210 g/mol. The van der Waals surface area contributed by atoms with Crippen LogP contribution in [0.3, 0.4) is 0 Å². The molecule has 1 aromatic carbocycles. The minimum atomic E-state index is -1.31. The van der Waals surface area contributed by atoms with Gasteiger partial charge in [-0.2, -0.15) is 0 Å². The molecule has 0 radical (unpaired) electrons. The van der Waals surface area contributed by atoms with Crippen molar-refractivity contribution in [3.05, 3.63) is 42.0 Å². The summed E-state index contributed by atoms with van der Waals surface area (Å²) in [7, 11) is 0. The van der Waals surface area contributed by atoms with Crippen LogP contribution in [0, 0.1) is 0 Å². The molecule has 4 N–H and O–H groups in total. The smallest absolute Gasteiger partial charge is 0.186 e. The van der Waals surface area contributed by atoms with Gasteiger partial charge in [0.05, 0.1) is 6.61 Å². The fraction of sp³-hybridized carbons (Fsp3) is 0.182. The Balaban J connectivity index is 0.00000196. The number of aliphatic hydroxyl groups is 2. The average molecular weight is 210 g/mol. The maximum absolute atomic E-state index is 11.1.